The number of ether oxygens (including phenoxy) is 2. The molecule has 0 aromatic rings. The van der Waals surface area contributed by atoms with E-state index in [9.17, 15) is 9.59 Å². The van der Waals surface area contributed by atoms with Crippen molar-refractivity contribution >= 4 is 11.8 Å². The van der Waals surface area contributed by atoms with Gasteiger partial charge in [-0.3, -0.25) is 14.9 Å². The van der Waals surface area contributed by atoms with Crippen molar-refractivity contribution in [2.45, 2.75) is 18.9 Å². The Labute approximate surface area is 113 Å². The topological polar surface area (TPSA) is 88.7 Å². The molecule has 2 amide bonds. The van der Waals surface area contributed by atoms with E-state index in [-0.39, 0.29) is 30.9 Å². The van der Waals surface area contributed by atoms with Crippen molar-refractivity contribution in [2.24, 2.45) is 0 Å². The molecule has 0 unspecified atom stereocenters. The van der Waals surface area contributed by atoms with E-state index in [0.717, 1.165) is 12.8 Å². The highest BCUT2D eigenvalue weighted by Gasteiger charge is 2.15. The van der Waals surface area contributed by atoms with Gasteiger partial charge in [-0.05, 0) is 12.8 Å². The number of hydrogen-bond donors (Lipinski definition) is 3. The van der Waals surface area contributed by atoms with Crippen LogP contribution in [0.4, 0.5) is 0 Å². The van der Waals surface area contributed by atoms with Crippen LogP contribution in [0.15, 0.2) is 0 Å². The Morgan fingerprint density at radius 2 is 1.89 bits per heavy atom. The molecular weight excluding hydrogens is 250 g/mol. The van der Waals surface area contributed by atoms with Crippen molar-refractivity contribution < 1.29 is 19.1 Å². The summed E-state index contributed by atoms with van der Waals surface area (Å²) in [5, 5.41) is 8.38. The Bertz CT molecular complexity index is 280. The molecule has 7 nitrogen and oxygen atoms in total. The van der Waals surface area contributed by atoms with Gasteiger partial charge in [0.15, 0.2) is 0 Å². The number of carbonyl (C=O) groups is 2. The van der Waals surface area contributed by atoms with Crippen LogP contribution in [0.5, 0.6) is 0 Å². The highest BCUT2D eigenvalue weighted by molar-refractivity contribution is 5.81. The molecule has 0 radical (unpaired) electrons. The van der Waals surface area contributed by atoms with Crippen molar-refractivity contribution in [1.29, 1.82) is 0 Å². The minimum absolute atomic E-state index is 0.0865. The maximum absolute atomic E-state index is 11.6. The fourth-order valence-corrected chi connectivity index (χ4v) is 1.77. The van der Waals surface area contributed by atoms with Gasteiger partial charge in [0, 0.05) is 32.9 Å². The summed E-state index contributed by atoms with van der Waals surface area (Å²) >= 11 is 0. The van der Waals surface area contributed by atoms with Crippen LogP contribution in [-0.2, 0) is 19.1 Å². The average Bonchev–Trinajstić information content (AvgIpc) is 2.40. The van der Waals surface area contributed by atoms with Crippen molar-refractivity contribution in [1.82, 2.24) is 16.0 Å². The van der Waals surface area contributed by atoms with E-state index in [1.807, 2.05) is 0 Å². The molecule has 0 aromatic heterocycles. The second-order valence-corrected chi connectivity index (χ2v) is 4.40. The van der Waals surface area contributed by atoms with Crippen molar-refractivity contribution in [3.63, 3.8) is 0 Å². The van der Waals surface area contributed by atoms with Gasteiger partial charge in [0.2, 0.25) is 11.8 Å². The SMILES string of the molecule is COCCNC(=O)CNCC(=O)NC1CCOCC1. The van der Waals surface area contributed by atoms with Crippen LogP contribution in [0.1, 0.15) is 12.8 Å². The predicted molar refractivity (Wildman–Crippen MR) is 69.7 cm³/mol. The fraction of sp³-hybridized carbons (Fsp3) is 0.833. The second kappa shape index (κ2) is 9.71. The predicted octanol–water partition coefficient (Wildman–Crippen LogP) is -1.37. The van der Waals surface area contributed by atoms with Gasteiger partial charge in [-0.15, -0.1) is 0 Å². The summed E-state index contributed by atoms with van der Waals surface area (Å²) in [6, 6.07) is 0.193. The zero-order valence-corrected chi connectivity index (χ0v) is 11.4. The van der Waals surface area contributed by atoms with Gasteiger partial charge in [-0.1, -0.05) is 0 Å². The summed E-state index contributed by atoms with van der Waals surface area (Å²) < 4.78 is 10.0. The second-order valence-electron chi connectivity index (χ2n) is 4.40. The van der Waals surface area contributed by atoms with E-state index < -0.39 is 0 Å². The highest BCUT2D eigenvalue weighted by Crippen LogP contribution is 2.05. The molecule has 0 spiro atoms. The minimum atomic E-state index is -0.143. The lowest BCUT2D eigenvalue weighted by molar-refractivity contribution is -0.122. The van der Waals surface area contributed by atoms with Gasteiger partial charge in [-0.2, -0.15) is 0 Å². The van der Waals surface area contributed by atoms with Crippen LogP contribution in [0.3, 0.4) is 0 Å². The lowest BCUT2D eigenvalue weighted by Crippen LogP contribution is -2.45. The lowest BCUT2D eigenvalue weighted by atomic mass is 10.1. The molecule has 1 aliphatic heterocycles. The Morgan fingerprint density at radius 3 is 2.58 bits per heavy atom. The molecule has 0 aromatic carbocycles. The molecule has 7 heteroatoms. The molecule has 0 aliphatic carbocycles. The van der Waals surface area contributed by atoms with Gasteiger partial charge in [0.05, 0.1) is 19.7 Å². The Balaban J connectivity index is 2.01. The highest BCUT2D eigenvalue weighted by atomic mass is 16.5. The zero-order valence-electron chi connectivity index (χ0n) is 11.4. The Hall–Kier alpha value is -1.18. The first-order valence-electron chi connectivity index (χ1n) is 6.56. The normalized spacial score (nSPS) is 16.1. The number of hydrogen-bond acceptors (Lipinski definition) is 5. The van der Waals surface area contributed by atoms with Crippen molar-refractivity contribution in [3.8, 4) is 0 Å². The summed E-state index contributed by atoms with van der Waals surface area (Å²) in [6.45, 7) is 2.63. The van der Waals surface area contributed by atoms with Gasteiger partial charge < -0.3 is 20.1 Å². The van der Waals surface area contributed by atoms with E-state index in [0.29, 0.717) is 26.4 Å². The molecular formula is C12H23N3O4. The lowest BCUT2D eigenvalue weighted by Gasteiger charge is -2.23. The molecule has 1 aliphatic rings. The van der Waals surface area contributed by atoms with E-state index in [2.05, 4.69) is 16.0 Å². The van der Waals surface area contributed by atoms with Gasteiger partial charge in [0.1, 0.15) is 0 Å². The first-order chi connectivity index (χ1) is 9.22. The maximum Gasteiger partial charge on any atom is 0.234 e. The number of rotatable bonds is 8. The minimum Gasteiger partial charge on any atom is -0.383 e. The third-order valence-electron chi connectivity index (χ3n) is 2.79. The first kappa shape index (κ1) is 15.9. The monoisotopic (exact) mass is 273 g/mol. The van der Waals surface area contributed by atoms with Crippen LogP contribution in [-0.4, -0.2) is 64.4 Å². The molecule has 1 fully saturated rings. The summed E-state index contributed by atoms with van der Waals surface area (Å²) in [7, 11) is 1.57. The van der Waals surface area contributed by atoms with Gasteiger partial charge >= 0.3 is 0 Å². The van der Waals surface area contributed by atoms with Crippen LogP contribution < -0.4 is 16.0 Å². The molecule has 1 heterocycles. The standard InChI is InChI=1S/C12H23N3O4/c1-18-7-4-14-11(16)8-13-9-12(17)15-10-2-5-19-6-3-10/h10,13H,2-9H2,1H3,(H,14,16)(H,15,17). The Kier molecular flexibility index (Phi) is 8.11. The third-order valence-corrected chi connectivity index (χ3v) is 2.79. The summed E-state index contributed by atoms with van der Waals surface area (Å²) in [5.74, 6) is -0.229. The van der Waals surface area contributed by atoms with Crippen LogP contribution in [0.2, 0.25) is 0 Å². The zero-order chi connectivity index (χ0) is 13.9. The van der Waals surface area contributed by atoms with Crippen molar-refractivity contribution in [3.05, 3.63) is 0 Å². The van der Waals surface area contributed by atoms with E-state index in [1.165, 1.54) is 0 Å². The molecule has 0 saturated carbocycles. The molecule has 1 rings (SSSR count). The van der Waals surface area contributed by atoms with Crippen LogP contribution in [0, 0.1) is 0 Å². The number of carbonyl (C=O) groups excluding carboxylic acids is 2. The maximum atomic E-state index is 11.6. The first-order valence-corrected chi connectivity index (χ1v) is 6.56. The number of amides is 2. The van der Waals surface area contributed by atoms with Gasteiger partial charge in [-0.25, -0.2) is 0 Å². The van der Waals surface area contributed by atoms with Gasteiger partial charge in [0.25, 0.3) is 0 Å². The molecule has 1 saturated heterocycles. The largest absolute Gasteiger partial charge is 0.383 e. The van der Waals surface area contributed by atoms with E-state index in [1.54, 1.807) is 7.11 Å². The number of nitrogens with one attached hydrogen (secondary N) is 3. The molecule has 0 bridgehead atoms. The summed E-state index contributed by atoms with van der Waals surface area (Å²) in [4.78, 5) is 22.9. The average molecular weight is 273 g/mol. The number of methoxy groups -OCH3 is 1. The summed E-state index contributed by atoms with van der Waals surface area (Å²) in [5.41, 5.74) is 0. The molecule has 19 heavy (non-hydrogen) atoms. The van der Waals surface area contributed by atoms with E-state index >= 15 is 0 Å². The molecule has 3 N–H and O–H groups in total. The van der Waals surface area contributed by atoms with E-state index in [4.69, 9.17) is 9.47 Å². The molecule has 0 atom stereocenters. The van der Waals surface area contributed by atoms with Crippen molar-refractivity contribution in [2.75, 3.05) is 46.6 Å². The van der Waals surface area contributed by atoms with Crippen LogP contribution >= 0.6 is 0 Å². The van der Waals surface area contributed by atoms with Crippen LogP contribution in [0.25, 0.3) is 0 Å². The smallest absolute Gasteiger partial charge is 0.234 e. The Morgan fingerprint density at radius 1 is 1.21 bits per heavy atom. The molecule has 110 valence electrons. The third kappa shape index (κ3) is 7.76. The quantitative estimate of drug-likeness (QED) is 0.475. The fourth-order valence-electron chi connectivity index (χ4n) is 1.77. The summed E-state index contributed by atoms with van der Waals surface area (Å²) in [6.07, 6.45) is 1.70.